The molecule has 130 valence electrons. The summed E-state index contributed by atoms with van der Waals surface area (Å²) in [5.74, 6) is 0.306. The number of alkyl halides is 3. The molecule has 0 heterocycles. The zero-order valence-electron chi connectivity index (χ0n) is 13.0. The Labute approximate surface area is 132 Å². The maximum atomic E-state index is 12.4. The molecule has 1 aromatic rings. The van der Waals surface area contributed by atoms with Gasteiger partial charge in [0.2, 0.25) is 0 Å². The Bertz CT molecular complexity index is 490. The van der Waals surface area contributed by atoms with Crippen LogP contribution in [-0.2, 0) is 17.6 Å². The van der Waals surface area contributed by atoms with E-state index in [1.807, 2.05) is 13.8 Å². The summed E-state index contributed by atoms with van der Waals surface area (Å²) in [4.78, 5) is 16.5. The highest BCUT2D eigenvalue weighted by molar-refractivity contribution is 5.73. The molecule has 1 rings (SSSR count). The molecule has 0 aliphatic rings. The average Bonchev–Trinajstić information content (AvgIpc) is 2.45. The standard InChI is InChI=1S/C15H21F3N2O3/c1-10(2)7-13(8-21)19-14(22)20-23-9-11-3-5-12(6-4-11)15(16,17)18/h3-6,10,13,21H,7-9H2,1-2H3,(H2,19,20,22). The lowest BCUT2D eigenvalue weighted by molar-refractivity contribution is -0.137. The number of amides is 2. The van der Waals surface area contributed by atoms with Gasteiger partial charge in [0.25, 0.3) is 0 Å². The molecule has 1 aromatic carbocycles. The summed E-state index contributed by atoms with van der Waals surface area (Å²) in [5.41, 5.74) is 1.87. The van der Waals surface area contributed by atoms with E-state index in [4.69, 9.17) is 9.94 Å². The molecule has 1 unspecified atom stereocenters. The minimum Gasteiger partial charge on any atom is -0.394 e. The fraction of sp³-hybridized carbons (Fsp3) is 0.533. The van der Waals surface area contributed by atoms with Crippen molar-refractivity contribution in [2.24, 2.45) is 5.92 Å². The number of hydrogen-bond donors (Lipinski definition) is 3. The van der Waals surface area contributed by atoms with E-state index in [1.165, 1.54) is 12.1 Å². The molecule has 0 spiro atoms. The molecule has 8 heteroatoms. The molecule has 0 aliphatic heterocycles. The fourth-order valence-corrected chi connectivity index (χ4v) is 1.94. The van der Waals surface area contributed by atoms with Gasteiger partial charge in [-0.15, -0.1) is 0 Å². The molecule has 0 aromatic heterocycles. The van der Waals surface area contributed by atoms with Crippen LogP contribution >= 0.6 is 0 Å². The van der Waals surface area contributed by atoms with E-state index in [0.717, 1.165) is 12.1 Å². The Balaban J connectivity index is 2.37. The van der Waals surface area contributed by atoms with Gasteiger partial charge < -0.3 is 10.4 Å². The van der Waals surface area contributed by atoms with Gasteiger partial charge >= 0.3 is 12.2 Å². The molecule has 2 amide bonds. The SMILES string of the molecule is CC(C)CC(CO)NC(=O)NOCc1ccc(C(F)(F)F)cc1. The van der Waals surface area contributed by atoms with Crippen molar-refractivity contribution in [1.29, 1.82) is 0 Å². The largest absolute Gasteiger partial charge is 0.416 e. The summed E-state index contributed by atoms with van der Waals surface area (Å²) in [6.07, 6.45) is -3.77. The van der Waals surface area contributed by atoms with Gasteiger partial charge in [-0.2, -0.15) is 13.2 Å². The number of aliphatic hydroxyl groups excluding tert-OH is 1. The zero-order valence-corrected chi connectivity index (χ0v) is 13.0. The van der Waals surface area contributed by atoms with Crippen molar-refractivity contribution in [3.05, 3.63) is 35.4 Å². The van der Waals surface area contributed by atoms with E-state index in [1.54, 1.807) is 0 Å². The second-order valence-electron chi connectivity index (χ2n) is 5.57. The van der Waals surface area contributed by atoms with Crippen molar-refractivity contribution in [3.8, 4) is 0 Å². The van der Waals surface area contributed by atoms with Crippen molar-refractivity contribution in [1.82, 2.24) is 10.8 Å². The molecule has 1 atom stereocenters. The van der Waals surface area contributed by atoms with Crippen molar-refractivity contribution in [2.75, 3.05) is 6.61 Å². The van der Waals surface area contributed by atoms with Crippen LogP contribution in [0.5, 0.6) is 0 Å². The summed E-state index contributed by atoms with van der Waals surface area (Å²) in [5, 5.41) is 11.7. The molecule has 0 saturated heterocycles. The van der Waals surface area contributed by atoms with E-state index in [2.05, 4.69) is 10.8 Å². The minimum atomic E-state index is -4.38. The second kappa shape index (κ2) is 8.73. The number of rotatable bonds is 7. The van der Waals surface area contributed by atoms with Crippen LogP contribution in [0.1, 0.15) is 31.4 Å². The van der Waals surface area contributed by atoms with Gasteiger partial charge in [-0.3, -0.25) is 4.84 Å². The van der Waals surface area contributed by atoms with Crippen LogP contribution < -0.4 is 10.8 Å². The maximum absolute atomic E-state index is 12.4. The molecule has 0 aliphatic carbocycles. The lowest BCUT2D eigenvalue weighted by Gasteiger charge is -2.18. The summed E-state index contributed by atoms with van der Waals surface area (Å²) in [7, 11) is 0. The van der Waals surface area contributed by atoms with Gasteiger partial charge in [-0.25, -0.2) is 10.3 Å². The van der Waals surface area contributed by atoms with Crippen LogP contribution in [0.3, 0.4) is 0 Å². The average molecular weight is 334 g/mol. The molecular weight excluding hydrogens is 313 g/mol. The number of halogens is 3. The van der Waals surface area contributed by atoms with Crippen molar-refractivity contribution < 1.29 is 27.9 Å². The Morgan fingerprint density at radius 1 is 1.26 bits per heavy atom. The summed E-state index contributed by atoms with van der Waals surface area (Å²) >= 11 is 0. The van der Waals surface area contributed by atoms with E-state index < -0.39 is 17.8 Å². The van der Waals surface area contributed by atoms with E-state index in [-0.39, 0.29) is 19.3 Å². The van der Waals surface area contributed by atoms with Crippen LogP contribution in [0.15, 0.2) is 24.3 Å². The van der Waals surface area contributed by atoms with Gasteiger partial charge in [0, 0.05) is 0 Å². The van der Waals surface area contributed by atoms with Gasteiger partial charge in [-0.05, 0) is 30.0 Å². The first-order valence-electron chi connectivity index (χ1n) is 7.17. The summed E-state index contributed by atoms with van der Waals surface area (Å²) in [6, 6.07) is 3.45. The lowest BCUT2D eigenvalue weighted by Crippen LogP contribution is -2.44. The highest BCUT2D eigenvalue weighted by atomic mass is 19.4. The molecule has 3 N–H and O–H groups in total. The first-order valence-corrected chi connectivity index (χ1v) is 7.17. The van der Waals surface area contributed by atoms with Crippen LogP contribution in [0.2, 0.25) is 0 Å². The number of benzene rings is 1. The third-order valence-electron chi connectivity index (χ3n) is 3.00. The Kier molecular flexibility index (Phi) is 7.31. The highest BCUT2D eigenvalue weighted by Crippen LogP contribution is 2.29. The quantitative estimate of drug-likeness (QED) is 0.672. The van der Waals surface area contributed by atoms with Crippen molar-refractivity contribution in [3.63, 3.8) is 0 Å². The number of hydroxylamine groups is 1. The topological polar surface area (TPSA) is 70.6 Å². The first-order chi connectivity index (χ1) is 10.7. The molecule has 23 heavy (non-hydrogen) atoms. The van der Waals surface area contributed by atoms with E-state index in [0.29, 0.717) is 17.9 Å². The molecule has 0 saturated carbocycles. The zero-order chi connectivity index (χ0) is 17.5. The molecule has 5 nitrogen and oxygen atoms in total. The third kappa shape index (κ3) is 7.34. The Morgan fingerprint density at radius 3 is 2.35 bits per heavy atom. The van der Waals surface area contributed by atoms with Crippen LogP contribution in [0.4, 0.5) is 18.0 Å². The monoisotopic (exact) mass is 334 g/mol. The number of hydrogen-bond acceptors (Lipinski definition) is 3. The predicted octanol–water partition coefficient (Wildman–Crippen LogP) is 2.84. The first kappa shape index (κ1) is 19.2. The van der Waals surface area contributed by atoms with Gasteiger partial charge in [0.15, 0.2) is 0 Å². The fourth-order valence-electron chi connectivity index (χ4n) is 1.94. The van der Waals surface area contributed by atoms with Gasteiger partial charge in [0.05, 0.1) is 24.8 Å². The molecule has 0 radical (unpaired) electrons. The maximum Gasteiger partial charge on any atom is 0.416 e. The molecular formula is C15H21F3N2O3. The smallest absolute Gasteiger partial charge is 0.394 e. The molecule has 0 bridgehead atoms. The minimum absolute atomic E-state index is 0.0699. The van der Waals surface area contributed by atoms with Crippen molar-refractivity contribution >= 4 is 6.03 Å². The Morgan fingerprint density at radius 2 is 1.87 bits per heavy atom. The van der Waals surface area contributed by atoms with E-state index in [9.17, 15) is 18.0 Å². The number of aliphatic hydroxyl groups is 1. The van der Waals surface area contributed by atoms with Crippen molar-refractivity contribution in [2.45, 2.75) is 39.1 Å². The van der Waals surface area contributed by atoms with E-state index >= 15 is 0 Å². The number of carbonyl (C=O) groups excluding carboxylic acids is 1. The van der Waals surface area contributed by atoms with Gasteiger partial charge in [0.1, 0.15) is 0 Å². The lowest BCUT2D eigenvalue weighted by atomic mass is 10.0. The second-order valence-corrected chi connectivity index (χ2v) is 5.57. The van der Waals surface area contributed by atoms with Crippen LogP contribution in [-0.4, -0.2) is 23.8 Å². The number of urea groups is 1. The highest BCUT2D eigenvalue weighted by Gasteiger charge is 2.29. The van der Waals surface area contributed by atoms with Crippen LogP contribution in [0.25, 0.3) is 0 Å². The Hall–Kier alpha value is -1.80. The normalized spacial score (nSPS) is 13.0. The molecule has 0 fully saturated rings. The van der Waals surface area contributed by atoms with Crippen LogP contribution in [0, 0.1) is 5.92 Å². The third-order valence-corrected chi connectivity index (χ3v) is 3.00. The summed E-state index contributed by atoms with van der Waals surface area (Å²) < 4.78 is 37.2. The summed E-state index contributed by atoms with van der Waals surface area (Å²) in [6.45, 7) is 3.66. The number of nitrogens with one attached hydrogen (secondary N) is 2. The van der Waals surface area contributed by atoms with Gasteiger partial charge in [-0.1, -0.05) is 26.0 Å². The number of carbonyl (C=O) groups is 1. The predicted molar refractivity (Wildman–Crippen MR) is 78.2 cm³/mol.